The Labute approximate surface area is 138 Å². The van der Waals surface area contributed by atoms with E-state index in [1.165, 1.54) is 0 Å². The number of aliphatic hydroxyl groups is 1. The fraction of sp³-hybridized carbons (Fsp3) is 0.533. The van der Waals surface area contributed by atoms with Gasteiger partial charge in [0.15, 0.2) is 18.2 Å². The van der Waals surface area contributed by atoms with Crippen molar-refractivity contribution in [1.29, 1.82) is 0 Å². The standard InChI is InChI=1S/C14H19N3O3.CH2O3/c18-11-4-2-1-3-10(11)15-7-9-5-6-12-14(16-9)17-13(19)8-20-12;2-1(3)4/h5-6,10-11,15,18H,1-4,7-8H2,(H,16,17,19);(H2,2,3,4)/t10-,11+;/m1./s1. The van der Waals surface area contributed by atoms with E-state index < -0.39 is 6.16 Å². The summed E-state index contributed by atoms with van der Waals surface area (Å²) in [5.74, 6) is 0.897. The lowest BCUT2D eigenvalue weighted by atomic mass is 9.92. The molecular weight excluding hydrogens is 318 g/mol. The zero-order valence-electron chi connectivity index (χ0n) is 13.1. The molecule has 2 atom stereocenters. The van der Waals surface area contributed by atoms with Crippen molar-refractivity contribution in [2.45, 2.75) is 44.4 Å². The highest BCUT2D eigenvalue weighted by Gasteiger charge is 2.23. The van der Waals surface area contributed by atoms with E-state index in [4.69, 9.17) is 19.7 Å². The number of nitrogens with zero attached hydrogens (tertiary/aromatic N) is 1. The highest BCUT2D eigenvalue weighted by molar-refractivity contribution is 5.94. The minimum atomic E-state index is -1.83. The number of carboxylic acid groups (broad SMARTS) is 2. The Morgan fingerprint density at radius 3 is 2.75 bits per heavy atom. The molecule has 1 amide bonds. The molecule has 2 heterocycles. The van der Waals surface area contributed by atoms with E-state index in [1.807, 2.05) is 12.1 Å². The number of anilines is 1. The van der Waals surface area contributed by atoms with E-state index in [0.29, 0.717) is 18.1 Å². The van der Waals surface area contributed by atoms with Gasteiger partial charge in [-0.05, 0) is 25.0 Å². The first kappa shape index (κ1) is 18.0. The average molecular weight is 339 g/mol. The summed E-state index contributed by atoms with van der Waals surface area (Å²) in [6.45, 7) is 0.616. The number of fused-ring (bicyclic) bond motifs is 1. The van der Waals surface area contributed by atoms with Gasteiger partial charge >= 0.3 is 6.16 Å². The maximum atomic E-state index is 11.3. The number of pyridine rings is 1. The molecule has 132 valence electrons. The van der Waals surface area contributed by atoms with Gasteiger partial charge in [0.1, 0.15) is 0 Å². The Morgan fingerprint density at radius 2 is 2.04 bits per heavy atom. The second kappa shape index (κ2) is 8.46. The van der Waals surface area contributed by atoms with Crippen molar-refractivity contribution >= 4 is 17.9 Å². The topological polar surface area (TPSA) is 141 Å². The van der Waals surface area contributed by atoms with Gasteiger partial charge < -0.3 is 30.7 Å². The summed E-state index contributed by atoms with van der Waals surface area (Å²) in [6, 6.07) is 3.82. The quantitative estimate of drug-likeness (QED) is 0.550. The van der Waals surface area contributed by atoms with E-state index in [9.17, 15) is 9.90 Å². The first-order valence-electron chi connectivity index (χ1n) is 7.71. The van der Waals surface area contributed by atoms with Crippen LogP contribution in [0.4, 0.5) is 10.6 Å². The molecule has 3 rings (SSSR count). The van der Waals surface area contributed by atoms with Crippen LogP contribution < -0.4 is 15.4 Å². The van der Waals surface area contributed by atoms with Gasteiger partial charge in [0.25, 0.3) is 5.91 Å². The summed E-state index contributed by atoms with van der Waals surface area (Å²) >= 11 is 0. The normalized spacial score (nSPS) is 22.3. The molecule has 0 spiro atoms. The molecule has 1 aromatic rings. The summed E-state index contributed by atoms with van der Waals surface area (Å²) in [7, 11) is 0. The second-order valence-electron chi connectivity index (χ2n) is 5.61. The molecule has 9 heteroatoms. The van der Waals surface area contributed by atoms with Gasteiger partial charge in [-0.2, -0.15) is 0 Å². The van der Waals surface area contributed by atoms with Gasteiger partial charge in [-0.25, -0.2) is 9.78 Å². The number of carbonyl (C=O) groups excluding carboxylic acids is 1. The molecule has 1 aliphatic carbocycles. The molecule has 0 aromatic carbocycles. The minimum absolute atomic E-state index is 0.0422. The van der Waals surface area contributed by atoms with Crippen LogP contribution >= 0.6 is 0 Å². The van der Waals surface area contributed by atoms with E-state index >= 15 is 0 Å². The predicted octanol–water partition coefficient (Wildman–Crippen LogP) is 1.03. The van der Waals surface area contributed by atoms with Gasteiger partial charge in [0.2, 0.25) is 0 Å². The number of nitrogens with one attached hydrogen (secondary N) is 2. The molecule has 24 heavy (non-hydrogen) atoms. The van der Waals surface area contributed by atoms with Crippen LogP contribution in [0.1, 0.15) is 31.4 Å². The van der Waals surface area contributed by atoms with Gasteiger partial charge in [-0.1, -0.05) is 12.8 Å². The molecule has 1 aliphatic heterocycles. The largest absolute Gasteiger partial charge is 0.503 e. The third-order valence-electron chi connectivity index (χ3n) is 3.81. The molecular formula is C15H21N3O6. The number of hydrogen-bond acceptors (Lipinski definition) is 6. The van der Waals surface area contributed by atoms with Crippen LogP contribution in [0.15, 0.2) is 12.1 Å². The van der Waals surface area contributed by atoms with E-state index in [2.05, 4.69) is 15.6 Å². The summed E-state index contributed by atoms with van der Waals surface area (Å²) in [6.07, 6.45) is 1.99. The first-order valence-corrected chi connectivity index (χ1v) is 7.71. The van der Waals surface area contributed by atoms with Crippen LogP contribution in [-0.4, -0.2) is 51.1 Å². The molecule has 5 N–H and O–H groups in total. The van der Waals surface area contributed by atoms with Crippen LogP contribution in [0.2, 0.25) is 0 Å². The number of amides is 1. The second-order valence-corrected chi connectivity index (χ2v) is 5.61. The summed E-state index contributed by atoms with van der Waals surface area (Å²) in [4.78, 5) is 24.2. The van der Waals surface area contributed by atoms with Gasteiger partial charge in [-0.15, -0.1) is 0 Å². The Hall–Kier alpha value is -2.39. The van der Waals surface area contributed by atoms with Crippen LogP contribution in [0.3, 0.4) is 0 Å². The predicted molar refractivity (Wildman–Crippen MR) is 84.1 cm³/mol. The summed E-state index contributed by atoms with van der Waals surface area (Å²) in [5.41, 5.74) is 0.826. The third kappa shape index (κ3) is 5.36. The fourth-order valence-corrected chi connectivity index (χ4v) is 2.69. The smallest absolute Gasteiger partial charge is 0.480 e. The van der Waals surface area contributed by atoms with Crippen molar-refractivity contribution in [1.82, 2.24) is 10.3 Å². The number of rotatable bonds is 3. The van der Waals surface area contributed by atoms with Gasteiger partial charge in [0.05, 0.1) is 11.8 Å². The van der Waals surface area contributed by atoms with Crippen LogP contribution in [0.25, 0.3) is 0 Å². The highest BCUT2D eigenvalue weighted by atomic mass is 16.6. The molecule has 1 saturated carbocycles. The molecule has 1 aromatic heterocycles. The Balaban J connectivity index is 0.000000471. The monoisotopic (exact) mass is 339 g/mol. The molecule has 0 radical (unpaired) electrons. The van der Waals surface area contributed by atoms with Crippen LogP contribution in [-0.2, 0) is 11.3 Å². The Bertz CT molecular complexity index is 591. The number of hydrogen-bond donors (Lipinski definition) is 5. The van der Waals surface area contributed by atoms with E-state index in [-0.39, 0.29) is 24.7 Å². The Morgan fingerprint density at radius 1 is 1.33 bits per heavy atom. The SMILES string of the molecule is O=C(O)O.O=C1COc2ccc(CN[C@@H]3CCCC[C@@H]3O)nc2N1. The van der Waals surface area contributed by atoms with E-state index in [1.54, 1.807) is 0 Å². The van der Waals surface area contributed by atoms with Crippen molar-refractivity contribution in [3.63, 3.8) is 0 Å². The molecule has 0 saturated heterocycles. The van der Waals surface area contributed by atoms with Gasteiger partial charge in [-0.3, -0.25) is 4.79 Å². The minimum Gasteiger partial charge on any atom is -0.480 e. The lowest BCUT2D eigenvalue weighted by Crippen LogP contribution is -2.41. The fourth-order valence-electron chi connectivity index (χ4n) is 2.69. The molecule has 9 nitrogen and oxygen atoms in total. The maximum absolute atomic E-state index is 11.3. The van der Waals surface area contributed by atoms with Crippen molar-refractivity contribution < 1.29 is 29.6 Å². The molecule has 0 unspecified atom stereocenters. The van der Waals surface area contributed by atoms with Gasteiger partial charge in [0, 0.05) is 12.6 Å². The van der Waals surface area contributed by atoms with Crippen molar-refractivity contribution in [3.8, 4) is 5.75 Å². The maximum Gasteiger partial charge on any atom is 0.503 e. The number of aromatic nitrogens is 1. The average Bonchev–Trinajstić information content (AvgIpc) is 2.53. The number of aliphatic hydroxyl groups excluding tert-OH is 1. The zero-order valence-corrected chi connectivity index (χ0v) is 13.1. The summed E-state index contributed by atoms with van der Waals surface area (Å²) < 4.78 is 5.27. The van der Waals surface area contributed by atoms with Crippen molar-refractivity contribution in [2.24, 2.45) is 0 Å². The number of ether oxygens (including phenoxy) is 1. The Kier molecular flexibility index (Phi) is 6.33. The lowest BCUT2D eigenvalue weighted by molar-refractivity contribution is -0.118. The highest BCUT2D eigenvalue weighted by Crippen LogP contribution is 2.25. The summed E-state index contributed by atoms with van der Waals surface area (Å²) in [5, 5.41) is 29.9. The molecule has 0 bridgehead atoms. The van der Waals surface area contributed by atoms with Crippen molar-refractivity contribution in [2.75, 3.05) is 11.9 Å². The van der Waals surface area contributed by atoms with Crippen LogP contribution in [0.5, 0.6) is 5.75 Å². The first-order chi connectivity index (χ1) is 11.5. The van der Waals surface area contributed by atoms with Crippen molar-refractivity contribution in [3.05, 3.63) is 17.8 Å². The number of carbonyl (C=O) groups is 2. The lowest BCUT2D eigenvalue weighted by Gasteiger charge is -2.28. The van der Waals surface area contributed by atoms with Crippen LogP contribution in [0, 0.1) is 0 Å². The zero-order chi connectivity index (χ0) is 17.5. The van der Waals surface area contributed by atoms with E-state index in [0.717, 1.165) is 31.4 Å². The molecule has 2 aliphatic rings. The molecule has 1 fully saturated rings. The third-order valence-corrected chi connectivity index (χ3v) is 3.81.